The van der Waals surface area contributed by atoms with E-state index in [-0.39, 0.29) is 23.1 Å². The van der Waals surface area contributed by atoms with Crippen molar-refractivity contribution in [1.29, 1.82) is 0 Å². The van der Waals surface area contributed by atoms with Gasteiger partial charge in [0.05, 0.1) is 19.3 Å². The molecule has 21 heavy (non-hydrogen) atoms. The van der Waals surface area contributed by atoms with Gasteiger partial charge >= 0.3 is 0 Å². The van der Waals surface area contributed by atoms with Gasteiger partial charge in [-0.05, 0) is 12.5 Å². The van der Waals surface area contributed by atoms with Crippen molar-refractivity contribution in [2.24, 2.45) is 7.05 Å². The van der Waals surface area contributed by atoms with Gasteiger partial charge in [-0.25, -0.2) is 0 Å². The molecule has 110 valence electrons. The summed E-state index contributed by atoms with van der Waals surface area (Å²) in [5, 5.41) is 2.88. The average molecular weight is 286 g/mol. The first-order chi connectivity index (χ1) is 10.0. The highest BCUT2D eigenvalue weighted by molar-refractivity contribution is 5.92. The van der Waals surface area contributed by atoms with Gasteiger partial charge in [0.1, 0.15) is 5.69 Å². The molecular formula is C16H18N2O3. The number of nitrogens with one attached hydrogen (secondary N) is 1. The zero-order valence-corrected chi connectivity index (χ0v) is 12.3. The van der Waals surface area contributed by atoms with Crippen LogP contribution in [0.25, 0.3) is 0 Å². The van der Waals surface area contributed by atoms with E-state index in [4.69, 9.17) is 4.74 Å². The number of carbonyl (C=O) groups is 1. The molecule has 1 amide bonds. The van der Waals surface area contributed by atoms with E-state index in [2.05, 4.69) is 5.32 Å². The van der Waals surface area contributed by atoms with E-state index in [1.54, 1.807) is 11.6 Å². The molecule has 0 aliphatic rings. The number of aryl methyl sites for hydroxylation is 1. The molecule has 0 saturated carbocycles. The number of ether oxygens (including phenoxy) is 1. The summed E-state index contributed by atoms with van der Waals surface area (Å²) in [7, 11) is 3.12. The molecule has 0 spiro atoms. The van der Waals surface area contributed by atoms with Crippen LogP contribution in [0.2, 0.25) is 0 Å². The van der Waals surface area contributed by atoms with Gasteiger partial charge in [0.15, 0.2) is 5.75 Å². The Hall–Kier alpha value is -2.56. The summed E-state index contributed by atoms with van der Waals surface area (Å²) in [5.74, 6) is -0.0845. The topological polar surface area (TPSA) is 60.3 Å². The van der Waals surface area contributed by atoms with Crippen molar-refractivity contribution >= 4 is 5.91 Å². The molecule has 0 unspecified atom stereocenters. The van der Waals surface area contributed by atoms with Crippen molar-refractivity contribution in [2.75, 3.05) is 7.11 Å². The van der Waals surface area contributed by atoms with Gasteiger partial charge in [-0.3, -0.25) is 9.59 Å². The molecule has 0 bridgehead atoms. The third-order valence-electron chi connectivity index (χ3n) is 3.30. The Balaban J connectivity index is 2.21. The molecule has 1 aromatic carbocycles. The largest absolute Gasteiger partial charge is 0.491 e. The van der Waals surface area contributed by atoms with E-state index in [0.29, 0.717) is 5.69 Å². The summed E-state index contributed by atoms with van der Waals surface area (Å²) in [6.07, 6.45) is 1.50. The molecule has 2 aromatic rings. The summed E-state index contributed by atoms with van der Waals surface area (Å²) in [5.41, 5.74) is 0.987. The summed E-state index contributed by atoms with van der Waals surface area (Å²) in [4.78, 5) is 24.1. The molecule has 1 aromatic heterocycles. The van der Waals surface area contributed by atoms with Crippen LogP contribution in [-0.2, 0) is 7.05 Å². The van der Waals surface area contributed by atoms with E-state index in [0.717, 1.165) is 5.56 Å². The van der Waals surface area contributed by atoms with Crippen molar-refractivity contribution in [3.63, 3.8) is 0 Å². The Kier molecular flexibility index (Phi) is 4.42. The third-order valence-corrected chi connectivity index (χ3v) is 3.30. The molecule has 5 heteroatoms. The Bertz CT molecular complexity index is 692. The van der Waals surface area contributed by atoms with Crippen LogP contribution in [0.15, 0.2) is 47.4 Å². The number of amides is 1. The minimum Gasteiger partial charge on any atom is -0.491 e. The van der Waals surface area contributed by atoms with Gasteiger partial charge < -0.3 is 14.6 Å². The second-order valence-corrected chi connectivity index (χ2v) is 4.81. The van der Waals surface area contributed by atoms with E-state index >= 15 is 0 Å². The fourth-order valence-corrected chi connectivity index (χ4v) is 2.08. The van der Waals surface area contributed by atoms with Gasteiger partial charge in [0.25, 0.3) is 5.91 Å². The number of methoxy groups -OCH3 is 1. The van der Waals surface area contributed by atoms with Crippen molar-refractivity contribution in [1.82, 2.24) is 9.88 Å². The van der Waals surface area contributed by atoms with Crippen LogP contribution in [0.4, 0.5) is 0 Å². The lowest BCUT2D eigenvalue weighted by Gasteiger charge is -2.16. The maximum Gasteiger partial charge on any atom is 0.268 e. The third kappa shape index (κ3) is 3.31. The molecule has 1 N–H and O–H groups in total. The van der Waals surface area contributed by atoms with Gasteiger partial charge in [-0.2, -0.15) is 0 Å². The summed E-state index contributed by atoms with van der Waals surface area (Å²) in [6, 6.07) is 10.8. The van der Waals surface area contributed by atoms with E-state index < -0.39 is 0 Å². The van der Waals surface area contributed by atoms with Crippen molar-refractivity contribution in [2.45, 2.75) is 13.0 Å². The van der Waals surface area contributed by atoms with Crippen LogP contribution in [-0.4, -0.2) is 17.6 Å². The number of carbonyl (C=O) groups excluding carboxylic acids is 1. The molecule has 0 saturated heterocycles. The SMILES string of the molecule is COc1cn(C)c(C(=O)N[C@@H](C)c2ccccc2)cc1=O. The Morgan fingerprint density at radius 1 is 1.29 bits per heavy atom. The van der Waals surface area contributed by atoms with E-state index in [9.17, 15) is 9.59 Å². The summed E-state index contributed by atoms with van der Waals surface area (Å²) >= 11 is 0. The first-order valence-electron chi connectivity index (χ1n) is 6.63. The lowest BCUT2D eigenvalue weighted by atomic mass is 10.1. The number of rotatable bonds is 4. The predicted octanol–water partition coefficient (Wildman–Crippen LogP) is 1.88. The second kappa shape index (κ2) is 6.26. The van der Waals surface area contributed by atoms with Crippen LogP contribution in [0.5, 0.6) is 5.75 Å². The number of hydrogen-bond acceptors (Lipinski definition) is 3. The molecule has 5 nitrogen and oxygen atoms in total. The van der Waals surface area contributed by atoms with Crippen LogP contribution in [0, 0.1) is 0 Å². The quantitative estimate of drug-likeness (QED) is 0.933. The highest BCUT2D eigenvalue weighted by atomic mass is 16.5. The molecule has 0 aliphatic heterocycles. The highest BCUT2D eigenvalue weighted by Gasteiger charge is 2.15. The zero-order chi connectivity index (χ0) is 15.4. The minimum atomic E-state index is -0.312. The molecular weight excluding hydrogens is 268 g/mol. The van der Waals surface area contributed by atoms with Gasteiger partial charge in [0, 0.05) is 13.1 Å². The number of pyridine rings is 1. The van der Waals surface area contributed by atoms with Crippen LogP contribution < -0.4 is 15.5 Å². The molecule has 1 heterocycles. The van der Waals surface area contributed by atoms with Gasteiger partial charge in [-0.1, -0.05) is 30.3 Å². The lowest BCUT2D eigenvalue weighted by Crippen LogP contribution is -2.30. The van der Waals surface area contributed by atoms with Gasteiger partial charge in [0.2, 0.25) is 5.43 Å². The second-order valence-electron chi connectivity index (χ2n) is 4.81. The van der Waals surface area contributed by atoms with Crippen molar-refractivity contribution in [3.05, 3.63) is 64.1 Å². The summed E-state index contributed by atoms with van der Waals surface area (Å²) in [6.45, 7) is 1.90. The fourth-order valence-electron chi connectivity index (χ4n) is 2.08. The zero-order valence-electron chi connectivity index (χ0n) is 12.3. The van der Waals surface area contributed by atoms with Crippen LogP contribution in [0.1, 0.15) is 29.0 Å². The summed E-state index contributed by atoms with van der Waals surface area (Å²) < 4.78 is 6.52. The lowest BCUT2D eigenvalue weighted by molar-refractivity contribution is 0.0930. The Labute approximate surface area is 123 Å². The van der Waals surface area contributed by atoms with E-state index in [1.807, 2.05) is 37.3 Å². The maximum absolute atomic E-state index is 12.3. The number of aromatic nitrogens is 1. The molecule has 0 fully saturated rings. The number of benzene rings is 1. The first kappa shape index (κ1) is 14.8. The molecule has 0 aliphatic carbocycles. The maximum atomic E-state index is 12.3. The Morgan fingerprint density at radius 2 is 1.95 bits per heavy atom. The first-order valence-corrected chi connectivity index (χ1v) is 6.63. The number of hydrogen-bond donors (Lipinski definition) is 1. The van der Waals surface area contributed by atoms with Crippen molar-refractivity contribution in [3.8, 4) is 5.75 Å². The molecule has 1 atom stereocenters. The fraction of sp³-hybridized carbons (Fsp3) is 0.250. The Morgan fingerprint density at radius 3 is 2.57 bits per heavy atom. The van der Waals surface area contributed by atoms with Crippen LogP contribution in [0.3, 0.4) is 0 Å². The molecule has 2 rings (SSSR count). The number of nitrogens with zero attached hydrogens (tertiary/aromatic N) is 1. The monoisotopic (exact) mass is 286 g/mol. The average Bonchev–Trinajstić information content (AvgIpc) is 2.49. The normalized spacial score (nSPS) is 11.8. The highest BCUT2D eigenvalue weighted by Crippen LogP contribution is 2.12. The van der Waals surface area contributed by atoms with Crippen LogP contribution >= 0.6 is 0 Å². The smallest absolute Gasteiger partial charge is 0.268 e. The minimum absolute atomic E-state index is 0.143. The van der Waals surface area contributed by atoms with Crippen molar-refractivity contribution < 1.29 is 9.53 Å². The molecule has 0 radical (unpaired) electrons. The van der Waals surface area contributed by atoms with E-state index in [1.165, 1.54) is 19.4 Å². The van der Waals surface area contributed by atoms with Gasteiger partial charge in [-0.15, -0.1) is 0 Å². The standard InChI is InChI=1S/C16H18N2O3/c1-11(12-7-5-4-6-8-12)17-16(20)13-9-14(19)15(21-3)10-18(13)2/h4-11H,1-3H3,(H,17,20)/t11-/m0/s1. The predicted molar refractivity (Wildman–Crippen MR) is 80.6 cm³/mol.